The number of rotatable bonds is 7. The molecule has 0 aliphatic carbocycles. The fourth-order valence-electron chi connectivity index (χ4n) is 1.73. The molecule has 0 saturated carbocycles. The highest BCUT2D eigenvalue weighted by Crippen LogP contribution is 2.19. The van der Waals surface area contributed by atoms with Crippen LogP contribution in [0.5, 0.6) is 0 Å². The molecule has 0 N–H and O–H groups in total. The lowest BCUT2D eigenvalue weighted by Gasteiger charge is -2.12. The van der Waals surface area contributed by atoms with Gasteiger partial charge in [-0.1, -0.05) is 50.5 Å². The Kier molecular flexibility index (Phi) is 8.46. The number of allylic oxidation sites excluding steroid dienone is 4. The van der Waals surface area contributed by atoms with Gasteiger partial charge in [0, 0.05) is 0 Å². The molecule has 0 aromatic carbocycles. The van der Waals surface area contributed by atoms with Crippen LogP contribution in [-0.2, 0) is 0 Å². The summed E-state index contributed by atoms with van der Waals surface area (Å²) in [5, 5.41) is 0. The van der Waals surface area contributed by atoms with Gasteiger partial charge < -0.3 is 0 Å². The molecular formula is C15H28. The average Bonchev–Trinajstić information content (AvgIpc) is 2.25. The second-order valence-corrected chi connectivity index (χ2v) is 4.58. The van der Waals surface area contributed by atoms with Crippen LogP contribution in [-0.4, -0.2) is 0 Å². The third kappa shape index (κ3) is 7.41. The van der Waals surface area contributed by atoms with Gasteiger partial charge in [0.25, 0.3) is 0 Å². The summed E-state index contributed by atoms with van der Waals surface area (Å²) in [6.07, 6.45) is 11.1. The Morgan fingerprint density at radius 3 is 2.20 bits per heavy atom. The molecule has 0 aromatic rings. The van der Waals surface area contributed by atoms with E-state index >= 15 is 0 Å². The first kappa shape index (κ1) is 14.5. The van der Waals surface area contributed by atoms with Crippen molar-refractivity contribution in [1.82, 2.24) is 0 Å². The monoisotopic (exact) mass is 208 g/mol. The molecule has 1 unspecified atom stereocenters. The largest absolute Gasteiger partial charge is 0.0856 e. The predicted octanol–water partition coefficient (Wildman–Crippen LogP) is 5.51. The van der Waals surface area contributed by atoms with Gasteiger partial charge in [0.2, 0.25) is 0 Å². The van der Waals surface area contributed by atoms with Crippen LogP contribution in [0.2, 0.25) is 0 Å². The fraction of sp³-hybridized carbons (Fsp3) is 0.733. The van der Waals surface area contributed by atoms with Crippen LogP contribution in [0.1, 0.15) is 66.7 Å². The van der Waals surface area contributed by atoms with E-state index in [0.29, 0.717) is 0 Å². The Morgan fingerprint density at radius 2 is 1.73 bits per heavy atom. The van der Waals surface area contributed by atoms with E-state index in [-0.39, 0.29) is 0 Å². The minimum Gasteiger partial charge on any atom is -0.0856 e. The van der Waals surface area contributed by atoms with Crippen LogP contribution in [0.4, 0.5) is 0 Å². The van der Waals surface area contributed by atoms with Gasteiger partial charge >= 0.3 is 0 Å². The normalized spacial score (nSPS) is 15.5. The summed E-state index contributed by atoms with van der Waals surface area (Å²) in [4.78, 5) is 0. The summed E-state index contributed by atoms with van der Waals surface area (Å²) < 4.78 is 0. The van der Waals surface area contributed by atoms with Crippen molar-refractivity contribution in [1.29, 1.82) is 0 Å². The molecule has 0 aromatic heterocycles. The molecule has 0 spiro atoms. The third-order valence-corrected chi connectivity index (χ3v) is 2.97. The van der Waals surface area contributed by atoms with E-state index in [1.807, 2.05) is 0 Å². The minimum absolute atomic E-state index is 0.748. The van der Waals surface area contributed by atoms with E-state index in [4.69, 9.17) is 0 Å². The van der Waals surface area contributed by atoms with Crippen molar-refractivity contribution >= 4 is 0 Å². The molecule has 0 heteroatoms. The van der Waals surface area contributed by atoms with E-state index in [1.54, 1.807) is 5.57 Å². The van der Waals surface area contributed by atoms with Gasteiger partial charge in [-0.2, -0.15) is 0 Å². The summed E-state index contributed by atoms with van der Waals surface area (Å²) >= 11 is 0. The Labute approximate surface area is 96.5 Å². The second kappa shape index (κ2) is 8.76. The molecule has 0 bridgehead atoms. The van der Waals surface area contributed by atoms with Crippen LogP contribution in [0.3, 0.4) is 0 Å². The molecule has 88 valence electrons. The van der Waals surface area contributed by atoms with Gasteiger partial charge in [-0.25, -0.2) is 0 Å². The van der Waals surface area contributed by atoms with Crippen LogP contribution < -0.4 is 0 Å². The molecular weight excluding hydrogens is 180 g/mol. The molecule has 0 nitrogen and oxygen atoms in total. The molecule has 0 radical (unpaired) electrons. The van der Waals surface area contributed by atoms with E-state index in [1.165, 1.54) is 37.7 Å². The molecule has 1 atom stereocenters. The molecule has 0 aliphatic heterocycles. The standard InChI is InChI=1S/C15H28/c1-6-9-10-14(5)12-15(8-3)11-13(4)7-2/h10-11,15H,6-9,12H2,1-5H3. The quantitative estimate of drug-likeness (QED) is 0.484. The van der Waals surface area contributed by atoms with Crippen LogP contribution in [0.25, 0.3) is 0 Å². The zero-order valence-corrected chi connectivity index (χ0v) is 11.3. The van der Waals surface area contributed by atoms with Crippen molar-refractivity contribution < 1.29 is 0 Å². The average molecular weight is 208 g/mol. The SMILES string of the molecule is CCCC=C(C)CC(C=C(C)CC)CC. The zero-order valence-electron chi connectivity index (χ0n) is 11.3. The Hall–Kier alpha value is -0.520. The number of unbranched alkanes of at least 4 members (excludes halogenated alkanes) is 1. The Bertz CT molecular complexity index is 208. The lowest BCUT2D eigenvalue weighted by molar-refractivity contribution is 0.612. The van der Waals surface area contributed by atoms with Crippen molar-refractivity contribution in [3.05, 3.63) is 23.3 Å². The van der Waals surface area contributed by atoms with Crippen molar-refractivity contribution in [3.8, 4) is 0 Å². The highest BCUT2D eigenvalue weighted by atomic mass is 14.1. The van der Waals surface area contributed by atoms with Gasteiger partial charge in [0.15, 0.2) is 0 Å². The van der Waals surface area contributed by atoms with Crippen LogP contribution in [0, 0.1) is 5.92 Å². The van der Waals surface area contributed by atoms with Gasteiger partial charge in [0.1, 0.15) is 0 Å². The van der Waals surface area contributed by atoms with Crippen molar-refractivity contribution in [3.63, 3.8) is 0 Å². The lowest BCUT2D eigenvalue weighted by Crippen LogP contribution is -1.96. The molecule has 0 aliphatic rings. The molecule has 0 heterocycles. The summed E-state index contributed by atoms with van der Waals surface area (Å²) in [6, 6.07) is 0. The van der Waals surface area contributed by atoms with E-state index in [9.17, 15) is 0 Å². The van der Waals surface area contributed by atoms with Gasteiger partial charge in [-0.05, 0) is 45.4 Å². The van der Waals surface area contributed by atoms with Gasteiger partial charge in [-0.3, -0.25) is 0 Å². The van der Waals surface area contributed by atoms with Crippen LogP contribution >= 0.6 is 0 Å². The molecule has 0 saturated heterocycles. The maximum Gasteiger partial charge on any atom is -0.0196 e. The summed E-state index contributed by atoms with van der Waals surface area (Å²) in [5.74, 6) is 0.748. The first-order valence-corrected chi connectivity index (χ1v) is 6.46. The molecule has 15 heavy (non-hydrogen) atoms. The number of hydrogen-bond donors (Lipinski definition) is 0. The molecule has 0 fully saturated rings. The van der Waals surface area contributed by atoms with Gasteiger partial charge in [0.05, 0.1) is 0 Å². The maximum atomic E-state index is 2.46. The highest BCUT2D eigenvalue weighted by molar-refractivity contribution is 5.06. The van der Waals surface area contributed by atoms with Crippen LogP contribution in [0.15, 0.2) is 23.3 Å². The smallest absolute Gasteiger partial charge is 0.0196 e. The molecule has 0 amide bonds. The Balaban J connectivity index is 4.21. The highest BCUT2D eigenvalue weighted by Gasteiger charge is 2.03. The summed E-state index contributed by atoms with van der Waals surface area (Å²) in [5.41, 5.74) is 3.09. The summed E-state index contributed by atoms with van der Waals surface area (Å²) in [6.45, 7) is 11.3. The maximum absolute atomic E-state index is 2.46. The minimum atomic E-state index is 0.748. The Morgan fingerprint density at radius 1 is 1.07 bits per heavy atom. The van der Waals surface area contributed by atoms with E-state index in [2.05, 4.69) is 46.8 Å². The third-order valence-electron chi connectivity index (χ3n) is 2.97. The van der Waals surface area contributed by atoms with E-state index < -0.39 is 0 Å². The second-order valence-electron chi connectivity index (χ2n) is 4.58. The van der Waals surface area contributed by atoms with Gasteiger partial charge in [-0.15, -0.1) is 0 Å². The first-order valence-electron chi connectivity index (χ1n) is 6.46. The number of hydrogen-bond acceptors (Lipinski definition) is 0. The first-order chi connectivity index (χ1) is 7.13. The lowest BCUT2D eigenvalue weighted by atomic mass is 9.94. The van der Waals surface area contributed by atoms with Crippen molar-refractivity contribution in [2.24, 2.45) is 5.92 Å². The van der Waals surface area contributed by atoms with Crippen molar-refractivity contribution in [2.75, 3.05) is 0 Å². The zero-order chi connectivity index (χ0) is 11.7. The van der Waals surface area contributed by atoms with E-state index in [0.717, 1.165) is 5.92 Å². The van der Waals surface area contributed by atoms with Crippen molar-refractivity contribution in [2.45, 2.75) is 66.7 Å². The predicted molar refractivity (Wildman–Crippen MR) is 71.1 cm³/mol. The topological polar surface area (TPSA) is 0 Å². The fourth-order valence-corrected chi connectivity index (χ4v) is 1.73. The molecule has 0 rings (SSSR count). The summed E-state index contributed by atoms with van der Waals surface area (Å²) in [7, 11) is 0.